The van der Waals surface area contributed by atoms with Gasteiger partial charge in [-0.25, -0.2) is 4.98 Å². The van der Waals surface area contributed by atoms with Crippen LogP contribution >= 0.6 is 0 Å². The maximum Gasteiger partial charge on any atom is 0.0921 e. The lowest BCUT2D eigenvalue weighted by atomic mass is 10.1. The zero-order valence-corrected chi connectivity index (χ0v) is 9.76. The van der Waals surface area contributed by atoms with E-state index in [2.05, 4.69) is 22.2 Å². The van der Waals surface area contributed by atoms with Crippen LogP contribution in [0.3, 0.4) is 0 Å². The van der Waals surface area contributed by atoms with E-state index in [1.807, 2.05) is 6.20 Å². The van der Waals surface area contributed by atoms with Gasteiger partial charge in [-0.2, -0.15) is 0 Å². The lowest BCUT2D eigenvalue weighted by Crippen LogP contribution is -2.18. The fourth-order valence-corrected chi connectivity index (χ4v) is 1.62. The molecule has 0 radical (unpaired) electrons. The summed E-state index contributed by atoms with van der Waals surface area (Å²) < 4.78 is 0. The average molecular weight is 209 g/mol. The Morgan fingerprint density at radius 3 is 2.80 bits per heavy atom. The van der Waals surface area contributed by atoms with Gasteiger partial charge in [-0.05, 0) is 13.0 Å². The number of hydrogen-bond donors (Lipinski definition) is 2. The van der Waals surface area contributed by atoms with Gasteiger partial charge in [0.2, 0.25) is 0 Å². The van der Waals surface area contributed by atoms with Crippen LogP contribution in [0.2, 0.25) is 0 Å². The van der Waals surface area contributed by atoms with Gasteiger partial charge in [0.1, 0.15) is 0 Å². The van der Waals surface area contributed by atoms with Crippen molar-refractivity contribution in [1.82, 2.24) is 15.3 Å². The summed E-state index contributed by atoms with van der Waals surface area (Å²) in [5, 5.41) is 3.45. The molecule has 0 aliphatic heterocycles. The first-order chi connectivity index (χ1) is 7.43. The van der Waals surface area contributed by atoms with Crippen molar-refractivity contribution in [3.05, 3.63) is 18.2 Å². The molecular formula is C12H23N3. The van der Waals surface area contributed by atoms with Crippen LogP contribution in [0.1, 0.15) is 44.7 Å². The van der Waals surface area contributed by atoms with Gasteiger partial charge in [0.25, 0.3) is 0 Å². The van der Waals surface area contributed by atoms with Crippen molar-refractivity contribution in [2.45, 2.75) is 45.4 Å². The van der Waals surface area contributed by atoms with E-state index in [-0.39, 0.29) is 0 Å². The molecule has 0 unspecified atom stereocenters. The van der Waals surface area contributed by atoms with Gasteiger partial charge < -0.3 is 10.3 Å². The Labute approximate surface area is 92.7 Å². The second-order valence-corrected chi connectivity index (χ2v) is 3.99. The number of rotatable bonds is 9. The van der Waals surface area contributed by atoms with Crippen LogP contribution in [0, 0.1) is 0 Å². The Balaban J connectivity index is 1.81. The molecule has 15 heavy (non-hydrogen) atoms. The zero-order chi connectivity index (χ0) is 10.8. The van der Waals surface area contributed by atoms with Gasteiger partial charge >= 0.3 is 0 Å². The van der Waals surface area contributed by atoms with Gasteiger partial charge in [0, 0.05) is 24.9 Å². The summed E-state index contributed by atoms with van der Waals surface area (Å²) >= 11 is 0. The average Bonchev–Trinajstić information content (AvgIpc) is 2.75. The Bertz CT molecular complexity index is 219. The lowest BCUT2D eigenvalue weighted by molar-refractivity contribution is 0.583. The van der Waals surface area contributed by atoms with Gasteiger partial charge in [-0.1, -0.05) is 32.6 Å². The van der Waals surface area contributed by atoms with E-state index in [9.17, 15) is 0 Å². The molecule has 1 aromatic rings. The number of imidazole rings is 1. The van der Waals surface area contributed by atoms with Crippen LogP contribution in [-0.2, 0) is 6.42 Å². The highest BCUT2D eigenvalue weighted by Crippen LogP contribution is 2.01. The van der Waals surface area contributed by atoms with Crippen molar-refractivity contribution in [2.75, 3.05) is 13.1 Å². The Hall–Kier alpha value is -0.830. The number of aromatic amines is 1. The van der Waals surface area contributed by atoms with Crippen molar-refractivity contribution < 1.29 is 0 Å². The van der Waals surface area contributed by atoms with E-state index in [4.69, 9.17) is 0 Å². The minimum atomic E-state index is 1.05. The van der Waals surface area contributed by atoms with E-state index in [1.54, 1.807) is 6.33 Å². The van der Waals surface area contributed by atoms with Gasteiger partial charge in [-0.3, -0.25) is 0 Å². The largest absolute Gasteiger partial charge is 0.348 e. The molecule has 0 saturated heterocycles. The molecule has 1 aromatic heterocycles. The van der Waals surface area contributed by atoms with Gasteiger partial charge in [-0.15, -0.1) is 0 Å². The molecule has 1 heterocycles. The highest BCUT2D eigenvalue weighted by atomic mass is 14.9. The van der Waals surface area contributed by atoms with E-state index in [0.29, 0.717) is 0 Å². The second kappa shape index (κ2) is 8.48. The number of H-pyrrole nitrogens is 1. The normalized spacial score (nSPS) is 10.7. The van der Waals surface area contributed by atoms with Crippen molar-refractivity contribution in [3.8, 4) is 0 Å². The standard InChI is InChI=1S/C12H23N3/c1-2-3-4-5-6-8-13-9-7-12-10-14-11-15-12/h10-11,13H,2-9H2,1H3,(H,14,15). The van der Waals surface area contributed by atoms with Crippen LogP contribution in [-0.4, -0.2) is 23.1 Å². The Morgan fingerprint density at radius 2 is 2.07 bits per heavy atom. The van der Waals surface area contributed by atoms with Crippen molar-refractivity contribution in [3.63, 3.8) is 0 Å². The quantitative estimate of drug-likeness (QED) is 0.614. The molecule has 0 aliphatic rings. The van der Waals surface area contributed by atoms with E-state index in [1.165, 1.54) is 37.8 Å². The van der Waals surface area contributed by atoms with Crippen LogP contribution in [0.5, 0.6) is 0 Å². The minimum absolute atomic E-state index is 1.05. The maximum atomic E-state index is 3.99. The third-order valence-corrected chi connectivity index (χ3v) is 2.58. The summed E-state index contributed by atoms with van der Waals surface area (Å²) in [7, 11) is 0. The smallest absolute Gasteiger partial charge is 0.0921 e. The molecule has 0 aliphatic carbocycles. The van der Waals surface area contributed by atoms with E-state index >= 15 is 0 Å². The summed E-state index contributed by atoms with van der Waals surface area (Å²) in [5.41, 5.74) is 1.22. The van der Waals surface area contributed by atoms with Gasteiger partial charge in [0.15, 0.2) is 0 Å². The topological polar surface area (TPSA) is 40.7 Å². The molecule has 0 fully saturated rings. The predicted molar refractivity (Wildman–Crippen MR) is 63.9 cm³/mol. The number of unbranched alkanes of at least 4 members (excludes halogenated alkanes) is 4. The second-order valence-electron chi connectivity index (χ2n) is 3.99. The van der Waals surface area contributed by atoms with Crippen LogP contribution in [0.25, 0.3) is 0 Å². The fraction of sp³-hybridized carbons (Fsp3) is 0.750. The third kappa shape index (κ3) is 6.28. The van der Waals surface area contributed by atoms with Crippen LogP contribution in [0.15, 0.2) is 12.5 Å². The molecule has 0 amide bonds. The van der Waals surface area contributed by atoms with E-state index < -0.39 is 0 Å². The molecule has 0 saturated carbocycles. The lowest BCUT2D eigenvalue weighted by Gasteiger charge is -2.03. The number of aromatic nitrogens is 2. The fourth-order valence-electron chi connectivity index (χ4n) is 1.62. The molecule has 3 nitrogen and oxygen atoms in total. The highest BCUT2D eigenvalue weighted by Gasteiger charge is 1.93. The maximum absolute atomic E-state index is 3.99. The van der Waals surface area contributed by atoms with Gasteiger partial charge in [0.05, 0.1) is 6.33 Å². The first-order valence-corrected chi connectivity index (χ1v) is 6.11. The number of hydrogen-bond acceptors (Lipinski definition) is 2. The molecule has 0 aromatic carbocycles. The monoisotopic (exact) mass is 209 g/mol. The first kappa shape index (κ1) is 12.2. The van der Waals surface area contributed by atoms with Crippen LogP contribution in [0.4, 0.5) is 0 Å². The zero-order valence-electron chi connectivity index (χ0n) is 9.76. The van der Waals surface area contributed by atoms with Crippen LogP contribution < -0.4 is 5.32 Å². The third-order valence-electron chi connectivity index (χ3n) is 2.58. The first-order valence-electron chi connectivity index (χ1n) is 6.11. The SMILES string of the molecule is CCCCCCCNCCc1cnc[nH]1. The summed E-state index contributed by atoms with van der Waals surface area (Å²) in [6.07, 6.45) is 11.5. The molecule has 86 valence electrons. The molecular weight excluding hydrogens is 186 g/mol. The molecule has 1 rings (SSSR count). The Kier molecular flexibility index (Phi) is 6.92. The number of nitrogens with zero attached hydrogens (tertiary/aromatic N) is 1. The van der Waals surface area contributed by atoms with Crippen molar-refractivity contribution in [1.29, 1.82) is 0 Å². The predicted octanol–water partition coefficient (Wildman–Crippen LogP) is 2.51. The highest BCUT2D eigenvalue weighted by molar-refractivity contribution is 4.94. The Morgan fingerprint density at radius 1 is 1.20 bits per heavy atom. The molecule has 0 atom stereocenters. The summed E-state index contributed by atoms with van der Waals surface area (Å²) in [6, 6.07) is 0. The minimum Gasteiger partial charge on any atom is -0.348 e. The van der Waals surface area contributed by atoms with E-state index in [0.717, 1.165) is 19.5 Å². The molecule has 2 N–H and O–H groups in total. The summed E-state index contributed by atoms with van der Waals surface area (Å²) in [6.45, 7) is 4.45. The summed E-state index contributed by atoms with van der Waals surface area (Å²) in [4.78, 5) is 7.09. The summed E-state index contributed by atoms with van der Waals surface area (Å²) in [5.74, 6) is 0. The molecule has 3 heteroatoms. The van der Waals surface area contributed by atoms with Crippen molar-refractivity contribution >= 4 is 0 Å². The molecule has 0 spiro atoms. The molecule has 0 bridgehead atoms. The number of nitrogens with one attached hydrogen (secondary N) is 2. The van der Waals surface area contributed by atoms with Crippen molar-refractivity contribution in [2.24, 2.45) is 0 Å².